The lowest BCUT2D eigenvalue weighted by Crippen LogP contribution is -2.08. The van der Waals surface area contributed by atoms with Gasteiger partial charge in [0.15, 0.2) is 0 Å². The van der Waals surface area contributed by atoms with E-state index in [-0.39, 0.29) is 21.6 Å². The fourth-order valence-electron chi connectivity index (χ4n) is 1.45. The summed E-state index contributed by atoms with van der Waals surface area (Å²) in [5.41, 5.74) is 4.95. The monoisotopic (exact) mass is 421 g/mol. The zero-order chi connectivity index (χ0) is 14.4. The van der Waals surface area contributed by atoms with E-state index in [2.05, 4.69) is 5.10 Å². The second-order valence-electron chi connectivity index (χ2n) is 3.58. The van der Waals surface area contributed by atoms with Gasteiger partial charge in [0.05, 0.1) is 25.4 Å². The molecule has 0 spiro atoms. The van der Waals surface area contributed by atoms with Crippen molar-refractivity contribution in [3.8, 4) is 5.69 Å². The molecule has 0 atom stereocenters. The lowest BCUT2D eigenvalue weighted by molar-refractivity contribution is -0.137. The van der Waals surface area contributed by atoms with Gasteiger partial charge in [0.25, 0.3) is 0 Å². The van der Waals surface area contributed by atoms with Crippen LogP contribution in [0.2, 0.25) is 10.0 Å². The molecule has 0 saturated carbocycles. The summed E-state index contributed by atoms with van der Waals surface area (Å²) < 4.78 is 39.6. The van der Waals surface area contributed by atoms with Gasteiger partial charge in [0.1, 0.15) is 11.5 Å². The largest absolute Gasteiger partial charge is 0.416 e. The fourth-order valence-corrected chi connectivity index (χ4v) is 2.45. The molecule has 0 aliphatic rings. The van der Waals surface area contributed by atoms with E-state index in [0.717, 1.165) is 12.1 Å². The Hall–Kier alpha value is -0.670. The second kappa shape index (κ2) is 5.02. The summed E-state index contributed by atoms with van der Waals surface area (Å²) in [6.07, 6.45) is -3.06. The van der Waals surface area contributed by atoms with Crippen molar-refractivity contribution >= 4 is 51.6 Å². The van der Waals surface area contributed by atoms with E-state index >= 15 is 0 Å². The number of anilines is 1. The molecule has 0 bridgehead atoms. The molecule has 0 aliphatic carbocycles. The Morgan fingerprint density at radius 2 is 1.74 bits per heavy atom. The van der Waals surface area contributed by atoms with Gasteiger partial charge in [0.2, 0.25) is 0 Å². The third-order valence-electron chi connectivity index (χ3n) is 2.32. The third-order valence-corrected chi connectivity index (χ3v) is 3.72. The average molecular weight is 422 g/mol. The highest BCUT2D eigenvalue weighted by Crippen LogP contribution is 2.38. The van der Waals surface area contributed by atoms with Gasteiger partial charge in [-0.05, 0) is 34.7 Å². The fraction of sp³-hybridized carbons (Fsp3) is 0.100. The maximum atomic E-state index is 12.6. The minimum atomic E-state index is -4.52. The summed E-state index contributed by atoms with van der Waals surface area (Å²) in [7, 11) is 0. The predicted octanol–water partition coefficient (Wildman–Crippen LogP) is 4.38. The Morgan fingerprint density at radius 1 is 1.21 bits per heavy atom. The van der Waals surface area contributed by atoms with Gasteiger partial charge in [-0.3, -0.25) is 0 Å². The van der Waals surface area contributed by atoms with Crippen LogP contribution in [-0.2, 0) is 6.18 Å². The number of rotatable bonds is 1. The van der Waals surface area contributed by atoms with Crippen LogP contribution in [0.25, 0.3) is 5.69 Å². The third kappa shape index (κ3) is 2.77. The minimum absolute atomic E-state index is 0.122. The van der Waals surface area contributed by atoms with Crippen molar-refractivity contribution in [2.45, 2.75) is 6.18 Å². The Morgan fingerprint density at radius 3 is 2.11 bits per heavy atom. The first kappa shape index (κ1) is 14.7. The van der Waals surface area contributed by atoms with Gasteiger partial charge < -0.3 is 5.73 Å². The van der Waals surface area contributed by atoms with Crippen LogP contribution < -0.4 is 5.73 Å². The minimum Gasteiger partial charge on any atom is -0.383 e. The topological polar surface area (TPSA) is 43.8 Å². The first-order valence-corrected chi connectivity index (χ1v) is 6.61. The van der Waals surface area contributed by atoms with E-state index in [1.807, 2.05) is 22.6 Å². The SMILES string of the molecule is Nc1c(I)cnn1-c1c(Cl)cc(C(F)(F)F)cc1Cl. The zero-order valence-electron chi connectivity index (χ0n) is 8.97. The first-order valence-electron chi connectivity index (χ1n) is 4.77. The summed E-state index contributed by atoms with van der Waals surface area (Å²) >= 11 is 13.6. The smallest absolute Gasteiger partial charge is 0.383 e. The number of hydrogen-bond acceptors (Lipinski definition) is 2. The number of aromatic nitrogens is 2. The van der Waals surface area contributed by atoms with Crippen LogP contribution in [0, 0.1) is 3.57 Å². The van der Waals surface area contributed by atoms with Gasteiger partial charge in [-0.1, -0.05) is 23.2 Å². The van der Waals surface area contributed by atoms with Crippen molar-refractivity contribution in [1.29, 1.82) is 0 Å². The van der Waals surface area contributed by atoms with E-state index in [1.165, 1.54) is 10.9 Å². The Kier molecular flexibility index (Phi) is 3.90. The number of hydrogen-bond donors (Lipinski definition) is 1. The van der Waals surface area contributed by atoms with Crippen LogP contribution in [0.3, 0.4) is 0 Å². The second-order valence-corrected chi connectivity index (χ2v) is 5.55. The maximum absolute atomic E-state index is 12.6. The normalized spacial score (nSPS) is 11.9. The molecule has 2 aromatic rings. The highest BCUT2D eigenvalue weighted by atomic mass is 127. The number of halogens is 6. The molecule has 3 nitrogen and oxygen atoms in total. The van der Waals surface area contributed by atoms with Crippen molar-refractivity contribution in [1.82, 2.24) is 9.78 Å². The molecule has 102 valence electrons. The molecule has 0 aliphatic heterocycles. The van der Waals surface area contributed by atoms with Gasteiger partial charge in [0, 0.05) is 0 Å². The molecule has 0 unspecified atom stereocenters. The maximum Gasteiger partial charge on any atom is 0.416 e. The summed E-state index contributed by atoms with van der Waals surface area (Å²) in [6.45, 7) is 0. The van der Waals surface area contributed by atoms with Crippen LogP contribution in [-0.4, -0.2) is 9.78 Å². The lowest BCUT2D eigenvalue weighted by atomic mass is 10.2. The quantitative estimate of drug-likeness (QED) is 0.694. The Balaban J connectivity index is 2.64. The highest BCUT2D eigenvalue weighted by molar-refractivity contribution is 14.1. The molecular weight excluding hydrogens is 417 g/mol. The molecule has 0 fully saturated rings. The summed E-state index contributed by atoms with van der Waals surface area (Å²) in [4.78, 5) is 0. The van der Waals surface area contributed by atoms with Gasteiger partial charge in [-0.2, -0.15) is 18.3 Å². The molecule has 0 saturated heterocycles. The molecule has 0 amide bonds. The van der Waals surface area contributed by atoms with E-state index in [1.54, 1.807) is 0 Å². The summed E-state index contributed by atoms with van der Waals surface area (Å²) in [5.74, 6) is 0.254. The van der Waals surface area contributed by atoms with Crippen LogP contribution in [0.5, 0.6) is 0 Å². The first-order chi connectivity index (χ1) is 8.71. The molecule has 1 aromatic carbocycles. The molecular formula is C10H5Cl2F3IN3. The van der Waals surface area contributed by atoms with Crippen molar-refractivity contribution in [3.05, 3.63) is 37.5 Å². The van der Waals surface area contributed by atoms with Crippen molar-refractivity contribution in [2.75, 3.05) is 5.73 Å². The lowest BCUT2D eigenvalue weighted by Gasteiger charge is -2.13. The van der Waals surface area contributed by atoms with Crippen LogP contribution in [0.15, 0.2) is 18.3 Å². The molecule has 19 heavy (non-hydrogen) atoms. The van der Waals surface area contributed by atoms with Crippen molar-refractivity contribution in [3.63, 3.8) is 0 Å². The standard InChI is InChI=1S/C10H5Cl2F3IN3/c11-5-1-4(10(13,14)15)2-6(12)8(5)19-9(17)7(16)3-18-19/h1-3H,17H2. The summed E-state index contributed by atoms with van der Waals surface area (Å²) in [6, 6.07) is 1.58. The number of nitrogens with zero attached hydrogens (tertiary/aromatic N) is 2. The predicted molar refractivity (Wildman–Crippen MR) is 75.7 cm³/mol. The van der Waals surface area contributed by atoms with Crippen molar-refractivity contribution < 1.29 is 13.2 Å². The molecule has 1 heterocycles. The Labute approximate surface area is 129 Å². The van der Waals surface area contributed by atoms with E-state index < -0.39 is 11.7 Å². The molecule has 1 aromatic heterocycles. The molecule has 2 N–H and O–H groups in total. The molecule has 9 heteroatoms. The average Bonchev–Trinajstić information content (AvgIpc) is 2.59. The van der Waals surface area contributed by atoms with Crippen LogP contribution in [0.1, 0.15) is 5.56 Å². The highest BCUT2D eigenvalue weighted by Gasteiger charge is 2.32. The zero-order valence-corrected chi connectivity index (χ0v) is 12.6. The van der Waals surface area contributed by atoms with Crippen LogP contribution in [0.4, 0.5) is 19.0 Å². The molecule has 2 rings (SSSR count). The number of nitrogens with two attached hydrogens (primary N) is 1. The number of alkyl halides is 3. The Bertz CT molecular complexity index is 616. The van der Waals surface area contributed by atoms with Gasteiger partial charge in [-0.15, -0.1) is 0 Å². The summed E-state index contributed by atoms with van der Waals surface area (Å²) in [5, 5.41) is 3.58. The van der Waals surface area contributed by atoms with Crippen LogP contribution >= 0.6 is 45.8 Å². The van der Waals surface area contributed by atoms with Gasteiger partial charge in [-0.25, -0.2) is 4.68 Å². The van der Waals surface area contributed by atoms with E-state index in [0.29, 0.717) is 3.57 Å². The molecule has 0 radical (unpaired) electrons. The number of benzene rings is 1. The van der Waals surface area contributed by atoms with E-state index in [9.17, 15) is 13.2 Å². The number of nitrogen functional groups attached to an aromatic ring is 1. The van der Waals surface area contributed by atoms with E-state index in [4.69, 9.17) is 28.9 Å². The van der Waals surface area contributed by atoms with Crippen molar-refractivity contribution in [2.24, 2.45) is 0 Å². The van der Waals surface area contributed by atoms with Gasteiger partial charge >= 0.3 is 6.18 Å².